The van der Waals surface area contributed by atoms with Gasteiger partial charge in [0, 0.05) is 11.9 Å². The largest absolute Gasteiger partial charge is 0.355 e. The van der Waals surface area contributed by atoms with E-state index in [0.29, 0.717) is 6.79 Å². The molecule has 0 atom stereocenters. The Morgan fingerprint density at radius 1 is 0.833 bits per heavy atom. The van der Waals surface area contributed by atoms with Gasteiger partial charge in [0.1, 0.15) is 6.79 Å². The molecule has 108 valence electrons. The fourth-order valence-corrected chi connectivity index (χ4v) is 1.88. The monoisotopic (exact) mass is 320 g/mol. The summed E-state index contributed by atoms with van der Waals surface area (Å²) in [6, 6.07) is 0. The summed E-state index contributed by atoms with van der Waals surface area (Å²) in [5.41, 5.74) is 0. The summed E-state index contributed by atoms with van der Waals surface area (Å²) in [5, 5.41) is 1.03. The first-order valence-electron chi connectivity index (χ1n) is 7.28. The third kappa shape index (κ3) is 16.1. The van der Waals surface area contributed by atoms with Crippen LogP contribution in [0.5, 0.6) is 0 Å². The molecule has 0 aromatic rings. The van der Waals surface area contributed by atoms with Crippen molar-refractivity contribution in [2.75, 3.05) is 25.3 Å². The topological polar surface area (TPSA) is 18.5 Å². The second-order valence-electron chi connectivity index (χ2n) is 4.44. The van der Waals surface area contributed by atoms with Crippen LogP contribution in [0.3, 0.4) is 0 Å². The zero-order chi connectivity index (χ0) is 13.3. The van der Waals surface area contributed by atoms with Crippen molar-refractivity contribution in [1.82, 2.24) is 0 Å². The molecule has 0 spiro atoms. The maximum atomic E-state index is 5.41. The first kappa shape index (κ1) is 18.1. The van der Waals surface area contributed by atoms with Gasteiger partial charge in [0.25, 0.3) is 0 Å². The molecule has 18 heavy (non-hydrogen) atoms. The van der Waals surface area contributed by atoms with E-state index in [1.165, 1.54) is 32.1 Å². The number of hydrogen-bond donors (Lipinski definition) is 0. The van der Waals surface area contributed by atoms with Gasteiger partial charge in [0.2, 0.25) is 0 Å². The molecular formula is C15H29BrO2. The zero-order valence-corrected chi connectivity index (χ0v) is 13.4. The Hall–Kier alpha value is 0.140. The van der Waals surface area contributed by atoms with Gasteiger partial charge in [-0.1, -0.05) is 67.1 Å². The lowest BCUT2D eigenvalue weighted by Gasteiger charge is -2.04. The van der Waals surface area contributed by atoms with Gasteiger partial charge >= 0.3 is 0 Å². The Bertz CT molecular complexity index is 172. The summed E-state index contributed by atoms with van der Waals surface area (Å²) in [4.78, 5) is 0. The average molecular weight is 321 g/mol. The average Bonchev–Trinajstić information content (AvgIpc) is 2.39. The third-order valence-electron chi connectivity index (χ3n) is 2.68. The van der Waals surface area contributed by atoms with Gasteiger partial charge in [0.05, 0.1) is 6.61 Å². The summed E-state index contributed by atoms with van der Waals surface area (Å²) >= 11 is 3.38. The van der Waals surface area contributed by atoms with Crippen molar-refractivity contribution in [2.24, 2.45) is 0 Å². The molecular weight excluding hydrogens is 292 g/mol. The van der Waals surface area contributed by atoms with E-state index in [1.807, 2.05) is 0 Å². The molecule has 0 fully saturated rings. The van der Waals surface area contributed by atoms with Crippen LogP contribution in [0.1, 0.15) is 58.3 Å². The Balaban J connectivity index is 2.94. The highest BCUT2D eigenvalue weighted by atomic mass is 79.9. The van der Waals surface area contributed by atoms with E-state index < -0.39 is 0 Å². The molecule has 0 bridgehead atoms. The van der Waals surface area contributed by atoms with Gasteiger partial charge in [-0.2, -0.15) is 0 Å². The van der Waals surface area contributed by atoms with Gasteiger partial charge in [-0.05, 0) is 19.3 Å². The van der Waals surface area contributed by atoms with E-state index >= 15 is 0 Å². The van der Waals surface area contributed by atoms with Gasteiger partial charge in [-0.15, -0.1) is 0 Å². The number of allylic oxidation sites excluding steroid dienone is 1. The van der Waals surface area contributed by atoms with Crippen molar-refractivity contribution in [1.29, 1.82) is 0 Å². The maximum Gasteiger partial charge on any atom is 0.146 e. The minimum Gasteiger partial charge on any atom is -0.355 e. The minimum atomic E-state index is 0.446. The first-order chi connectivity index (χ1) is 8.91. The Morgan fingerprint density at radius 3 is 2.28 bits per heavy atom. The number of unbranched alkanes of at least 4 members (excludes halogenated alkanes) is 5. The lowest BCUT2D eigenvalue weighted by molar-refractivity contribution is -0.0531. The molecule has 2 nitrogen and oxygen atoms in total. The van der Waals surface area contributed by atoms with Crippen LogP contribution < -0.4 is 0 Å². The van der Waals surface area contributed by atoms with Gasteiger partial charge < -0.3 is 9.47 Å². The van der Waals surface area contributed by atoms with Crippen LogP contribution >= 0.6 is 15.9 Å². The van der Waals surface area contributed by atoms with Crippen molar-refractivity contribution in [3.63, 3.8) is 0 Å². The Morgan fingerprint density at radius 2 is 1.50 bits per heavy atom. The SMILES string of the molecule is CCCCCCCCOCOCCC=CCCBr. The molecule has 0 radical (unpaired) electrons. The Labute approximate surface area is 121 Å². The zero-order valence-electron chi connectivity index (χ0n) is 11.8. The fourth-order valence-electron chi connectivity index (χ4n) is 1.61. The molecule has 0 aliphatic carbocycles. The fraction of sp³-hybridized carbons (Fsp3) is 0.867. The molecule has 0 aromatic heterocycles. The van der Waals surface area contributed by atoms with Crippen molar-refractivity contribution >= 4 is 15.9 Å². The van der Waals surface area contributed by atoms with Crippen LogP contribution in [0.4, 0.5) is 0 Å². The predicted molar refractivity (Wildman–Crippen MR) is 82.3 cm³/mol. The maximum absolute atomic E-state index is 5.41. The standard InChI is InChI=1S/C15H29BrO2/c1-2-3-4-5-7-10-13-17-15-18-14-11-8-6-9-12-16/h6,8H,2-5,7,9-15H2,1H3. The molecule has 0 saturated carbocycles. The van der Waals surface area contributed by atoms with E-state index in [9.17, 15) is 0 Å². The van der Waals surface area contributed by atoms with Crippen molar-refractivity contribution in [3.05, 3.63) is 12.2 Å². The second-order valence-corrected chi connectivity index (χ2v) is 5.23. The summed E-state index contributed by atoms with van der Waals surface area (Å²) in [5.74, 6) is 0. The number of halogens is 1. The highest BCUT2D eigenvalue weighted by Crippen LogP contribution is 2.04. The molecule has 0 unspecified atom stereocenters. The quantitative estimate of drug-likeness (QED) is 0.192. The van der Waals surface area contributed by atoms with Crippen LogP contribution in [0, 0.1) is 0 Å². The van der Waals surface area contributed by atoms with E-state index in [1.54, 1.807) is 0 Å². The minimum absolute atomic E-state index is 0.446. The van der Waals surface area contributed by atoms with E-state index in [4.69, 9.17) is 9.47 Å². The smallest absolute Gasteiger partial charge is 0.146 e. The lowest BCUT2D eigenvalue weighted by atomic mass is 10.1. The van der Waals surface area contributed by atoms with E-state index in [0.717, 1.165) is 37.8 Å². The van der Waals surface area contributed by atoms with Crippen LogP contribution in [-0.2, 0) is 9.47 Å². The molecule has 0 rings (SSSR count). The first-order valence-corrected chi connectivity index (χ1v) is 8.40. The lowest BCUT2D eigenvalue weighted by Crippen LogP contribution is -2.02. The van der Waals surface area contributed by atoms with Gasteiger partial charge in [0.15, 0.2) is 0 Å². The summed E-state index contributed by atoms with van der Waals surface area (Å²) < 4.78 is 10.8. The number of rotatable bonds is 14. The van der Waals surface area contributed by atoms with Crippen molar-refractivity contribution < 1.29 is 9.47 Å². The van der Waals surface area contributed by atoms with Crippen LogP contribution in [0.2, 0.25) is 0 Å². The van der Waals surface area contributed by atoms with Crippen LogP contribution in [0.15, 0.2) is 12.2 Å². The van der Waals surface area contributed by atoms with E-state index in [2.05, 4.69) is 35.0 Å². The predicted octanol–water partition coefficient (Wildman–Crippen LogP) is 5.07. The summed E-state index contributed by atoms with van der Waals surface area (Å²) in [7, 11) is 0. The molecule has 0 N–H and O–H groups in total. The molecule has 0 heterocycles. The molecule has 0 aliphatic heterocycles. The van der Waals surface area contributed by atoms with E-state index in [-0.39, 0.29) is 0 Å². The second kappa shape index (κ2) is 17.1. The normalized spacial score (nSPS) is 11.4. The number of alkyl halides is 1. The summed E-state index contributed by atoms with van der Waals surface area (Å²) in [6.07, 6.45) is 14.3. The molecule has 0 saturated heterocycles. The molecule has 0 aromatic carbocycles. The molecule has 0 aliphatic rings. The number of hydrogen-bond acceptors (Lipinski definition) is 2. The van der Waals surface area contributed by atoms with Crippen molar-refractivity contribution in [3.8, 4) is 0 Å². The third-order valence-corrected chi connectivity index (χ3v) is 3.14. The Kier molecular flexibility index (Phi) is 17.3. The van der Waals surface area contributed by atoms with Crippen molar-refractivity contribution in [2.45, 2.75) is 58.3 Å². The van der Waals surface area contributed by atoms with Gasteiger partial charge in [-0.25, -0.2) is 0 Å². The van der Waals surface area contributed by atoms with Crippen LogP contribution in [0.25, 0.3) is 0 Å². The highest BCUT2D eigenvalue weighted by molar-refractivity contribution is 9.09. The highest BCUT2D eigenvalue weighted by Gasteiger charge is 1.91. The van der Waals surface area contributed by atoms with Crippen LogP contribution in [-0.4, -0.2) is 25.3 Å². The van der Waals surface area contributed by atoms with Gasteiger partial charge in [-0.3, -0.25) is 0 Å². The summed E-state index contributed by atoms with van der Waals surface area (Å²) in [6.45, 7) is 4.29. The number of ether oxygens (including phenoxy) is 2. The molecule has 0 amide bonds. The molecule has 3 heteroatoms.